The highest BCUT2D eigenvalue weighted by molar-refractivity contribution is 4.93. The Morgan fingerprint density at radius 3 is 1.20 bits per heavy atom. The van der Waals surface area contributed by atoms with E-state index in [1.165, 1.54) is 36.0 Å². The molecule has 0 saturated heterocycles. The lowest BCUT2D eigenvalue weighted by Crippen LogP contribution is -2.26. The molecular formula is C32H60O3. The summed E-state index contributed by atoms with van der Waals surface area (Å²) in [7, 11) is 0. The predicted molar refractivity (Wildman–Crippen MR) is 154 cm³/mol. The van der Waals surface area contributed by atoms with Gasteiger partial charge in [0.1, 0.15) is 0 Å². The third-order valence-electron chi connectivity index (χ3n) is 6.47. The van der Waals surface area contributed by atoms with Gasteiger partial charge < -0.3 is 14.2 Å². The molecule has 0 bridgehead atoms. The van der Waals surface area contributed by atoms with E-state index in [1.54, 1.807) is 0 Å². The number of hydrogen-bond acceptors (Lipinski definition) is 3. The molecule has 3 heteroatoms. The Kier molecular flexibility index (Phi) is 21.7. The van der Waals surface area contributed by atoms with Crippen LogP contribution in [0.2, 0.25) is 0 Å². The number of allylic oxidation sites excluding steroid dienone is 6. The highest BCUT2D eigenvalue weighted by Crippen LogP contribution is 2.16. The molecule has 0 aliphatic heterocycles. The molecule has 0 fully saturated rings. The van der Waals surface area contributed by atoms with Crippen LogP contribution >= 0.6 is 0 Å². The summed E-state index contributed by atoms with van der Waals surface area (Å²) in [6, 6.07) is 0. The third-order valence-corrected chi connectivity index (χ3v) is 6.47. The molecule has 206 valence electrons. The molecule has 0 aliphatic rings. The van der Waals surface area contributed by atoms with E-state index in [-0.39, 0.29) is 6.29 Å². The van der Waals surface area contributed by atoms with E-state index >= 15 is 0 Å². The monoisotopic (exact) mass is 492 g/mol. The van der Waals surface area contributed by atoms with E-state index in [1.807, 2.05) is 0 Å². The Labute approximate surface area is 219 Å². The van der Waals surface area contributed by atoms with E-state index in [9.17, 15) is 0 Å². The van der Waals surface area contributed by atoms with E-state index in [0.29, 0.717) is 24.4 Å². The summed E-state index contributed by atoms with van der Waals surface area (Å²) in [5.41, 5.74) is 4.21. The summed E-state index contributed by atoms with van der Waals surface area (Å²) in [4.78, 5) is 0. The Balaban J connectivity index is 4.39. The highest BCUT2D eigenvalue weighted by atomic mass is 16.7. The van der Waals surface area contributed by atoms with Gasteiger partial charge in [-0.3, -0.25) is 0 Å². The fourth-order valence-corrected chi connectivity index (χ4v) is 3.81. The lowest BCUT2D eigenvalue weighted by atomic mass is 10.0. The van der Waals surface area contributed by atoms with Crippen LogP contribution in [0.4, 0.5) is 0 Å². The second kappa shape index (κ2) is 22.3. The van der Waals surface area contributed by atoms with Crippen molar-refractivity contribution in [2.45, 2.75) is 126 Å². The predicted octanol–water partition coefficient (Wildman–Crippen LogP) is 9.68. The molecule has 35 heavy (non-hydrogen) atoms. The van der Waals surface area contributed by atoms with Crippen LogP contribution < -0.4 is 0 Å². The SMILES string of the molecule is CC(C)=CCCC(C)CCOCC(OCCC(C)CCC=C(C)C)OCCC(C)CCC=C(C)C. The van der Waals surface area contributed by atoms with Gasteiger partial charge in [-0.15, -0.1) is 0 Å². The second-order valence-electron chi connectivity index (χ2n) is 11.5. The Bertz CT molecular complexity index is 544. The van der Waals surface area contributed by atoms with Crippen LogP contribution in [0, 0.1) is 17.8 Å². The first kappa shape index (κ1) is 34.1. The molecule has 3 unspecified atom stereocenters. The second-order valence-corrected chi connectivity index (χ2v) is 11.5. The normalized spacial score (nSPS) is 14.7. The molecule has 0 radical (unpaired) electrons. The number of hydrogen-bond donors (Lipinski definition) is 0. The minimum atomic E-state index is -0.258. The van der Waals surface area contributed by atoms with Crippen LogP contribution in [0.1, 0.15) is 120 Å². The van der Waals surface area contributed by atoms with Gasteiger partial charge >= 0.3 is 0 Å². The fourth-order valence-electron chi connectivity index (χ4n) is 3.81. The van der Waals surface area contributed by atoms with Gasteiger partial charge in [-0.2, -0.15) is 0 Å². The van der Waals surface area contributed by atoms with Crippen molar-refractivity contribution in [3.8, 4) is 0 Å². The van der Waals surface area contributed by atoms with Crippen LogP contribution in [0.3, 0.4) is 0 Å². The van der Waals surface area contributed by atoms with Crippen molar-refractivity contribution in [2.75, 3.05) is 26.4 Å². The summed E-state index contributed by atoms with van der Waals surface area (Å²) in [5, 5.41) is 0. The average molecular weight is 493 g/mol. The molecule has 3 nitrogen and oxygen atoms in total. The quantitative estimate of drug-likeness (QED) is 0.0855. The maximum Gasteiger partial charge on any atom is 0.180 e. The lowest BCUT2D eigenvalue weighted by Gasteiger charge is -2.21. The summed E-state index contributed by atoms with van der Waals surface area (Å²) in [6.07, 6.45) is 17.1. The first-order valence-corrected chi connectivity index (χ1v) is 14.3. The largest absolute Gasteiger partial charge is 0.376 e. The van der Waals surface area contributed by atoms with Crippen LogP contribution in [0.5, 0.6) is 0 Å². The summed E-state index contributed by atoms with van der Waals surface area (Å²) < 4.78 is 18.3. The van der Waals surface area contributed by atoms with Gasteiger partial charge in [-0.1, -0.05) is 55.7 Å². The molecule has 0 rings (SSSR count). The van der Waals surface area contributed by atoms with Crippen molar-refractivity contribution in [2.24, 2.45) is 17.8 Å². The molecule has 0 aromatic rings. The maximum absolute atomic E-state index is 6.15. The molecule has 0 aliphatic carbocycles. The van der Waals surface area contributed by atoms with Crippen molar-refractivity contribution < 1.29 is 14.2 Å². The molecule has 0 aromatic heterocycles. The summed E-state index contributed by atoms with van der Waals surface area (Å²) in [6.45, 7) is 22.7. The fraction of sp³-hybridized carbons (Fsp3) is 0.812. The molecular weight excluding hydrogens is 432 g/mol. The standard InChI is InChI=1S/C32H60O3/c1-26(2)13-10-16-29(7)19-22-33-25-32(34-23-20-30(8)17-11-14-27(3)4)35-24-21-31(9)18-12-15-28(5)6/h13-15,29-32H,10-12,16-25H2,1-9H3. The van der Waals surface area contributed by atoms with Crippen molar-refractivity contribution in [1.29, 1.82) is 0 Å². The van der Waals surface area contributed by atoms with Crippen molar-refractivity contribution in [3.63, 3.8) is 0 Å². The zero-order valence-corrected chi connectivity index (χ0v) is 25.0. The molecule has 0 spiro atoms. The van der Waals surface area contributed by atoms with Gasteiger partial charge in [-0.25, -0.2) is 0 Å². The smallest absolute Gasteiger partial charge is 0.180 e. The lowest BCUT2D eigenvalue weighted by molar-refractivity contribution is -0.176. The van der Waals surface area contributed by atoms with Crippen LogP contribution in [0.15, 0.2) is 34.9 Å². The van der Waals surface area contributed by atoms with Crippen LogP contribution in [-0.2, 0) is 14.2 Å². The van der Waals surface area contributed by atoms with Crippen molar-refractivity contribution >= 4 is 0 Å². The van der Waals surface area contributed by atoms with Crippen molar-refractivity contribution in [1.82, 2.24) is 0 Å². The highest BCUT2D eigenvalue weighted by Gasteiger charge is 2.13. The van der Waals surface area contributed by atoms with Gasteiger partial charge in [-0.05, 0) is 117 Å². The molecule has 0 N–H and O–H groups in total. The first-order valence-electron chi connectivity index (χ1n) is 14.3. The van der Waals surface area contributed by atoms with Gasteiger partial charge in [0.25, 0.3) is 0 Å². The molecule has 0 amide bonds. The minimum Gasteiger partial charge on any atom is -0.376 e. The van der Waals surface area contributed by atoms with E-state index in [0.717, 1.165) is 58.3 Å². The molecule has 0 heterocycles. The van der Waals surface area contributed by atoms with E-state index in [4.69, 9.17) is 14.2 Å². The summed E-state index contributed by atoms with van der Waals surface area (Å²) in [5.74, 6) is 1.99. The van der Waals surface area contributed by atoms with Crippen molar-refractivity contribution in [3.05, 3.63) is 34.9 Å². The Hall–Kier alpha value is -0.900. The maximum atomic E-state index is 6.15. The van der Waals surface area contributed by atoms with Gasteiger partial charge in [0.2, 0.25) is 0 Å². The Morgan fingerprint density at radius 2 is 0.857 bits per heavy atom. The number of ether oxygens (including phenoxy) is 3. The zero-order valence-electron chi connectivity index (χ0n) is 25.0. The molecule has 0 saturated carbocycles. The van der Waals surface area contributed by atoms with Gasteiger partial charge in [0.05, 0.1) is 19.8 Å². The van der Waals surface area contributed by atoms with Crippen LogP contribution in [-0.4, -0.2) is 32.7 Å². The zero-order chi connectivity index (χ0) is 26.5. The van der Waals surface area contributed by atoms with Gasteiger partial charge in [0.15, 0.2) is 6.29 Å². The van der Waals surface area contributed by atoms with Crippen LogP contribution in [0.25, 0.3) is 0 Å². The third kappa shape index (κ3) is 24.6. The first-order chi connectivity index (χ1) is 16.6. The molecule has 0 aromatic carbocycles. The molecule has 3 atom stereocenters. The topological polar surface area (TPSA) is 27.7 Å². The average Bonchev–Trinajstić information content (AvgIpc) is 2.75. The number of rotatable bonds is 22. The minimum absolute atomic E-state index is 0.258. The van der Waals surface area contributed by atoms with Gasteiger partial charge in [0, 0.05) is 6.61 Å². The van der Waals surface area contributed by atoms with E-state index < -0.39 is 0 Å². The summed E-state index contributed by atoms with van der Waals surface area (Å²) >= 11 is 0. The Morgan fingerprint density at radius 1 is 0.514 bits per heavy atom. The van der Waals surface area contributed by atoms with E-state index in [2.05, 4.69) is 80.5 Å².